The SMILES string of the molecule is CC[SH](C)(C)(C)CS. The second-order valence-electron chi connectivity index (χ2n) is 3.92. The Bertz CT molecular complexity index is 70.3. The molecule has 0 aromatic carbocycles. The van der Waals surface area contributed by atoms with Crippen molar-refractivity contribution < 1.29 is 0 Å². The summed E-state index contributed by atoms with van der Waals surface area (Å²) in [6, 6.07) is 0. The molecule has 0 aromatic heterocycles. The van der Waals surface area contributed by atoms with Crippen LogP contribution in [0.25, 0.3) is 0 Å². The molecule has 0 amide bonds. The van der Waals surface area contributed by atoms with E-state index in [1.807, 2.05) is 0 Å². The molecule has 0 nitrogen and oxygen atoms in total. The molecule has 0 N–H and O–H groups in total. The highest BCUT2D eigenvalue weighted by Gasteiger charge is 2.19. The third kappa shape index (κ3) is 2.88. The van der Waals surface area contributed by atoms with E-state index in [1.54, 1.807) is 0 Å². The van der Waals surface area contributed by atoms with Crippen LogP contribution < -0.4 is 0 Å². The van der Waals surface area contributed by atoms with Gasteiger partial charge in [0.1, 0.15) is 0 Å². The molecule has 0 saturated heterocycles. The van der Waals surface area contributed by atoms with Crippen molar-refractivity contribution in [2.24, 2.45) is 0 Å². The second kappa shape index (κ2) is 2.14. The van der Waals surface area contributed by atoms with Crippen LogP contribution in [-0.2, 0) is 0 Å². The summed E-state index contributed by atoms with van der Waals surface area (Å²) in [5.74, 6) is 1.31. The Balaban J connectivity index is 3.99. The topological polar surface area (TPSA) is 0 Å². The number of rotatable bonds is 2. The quantitative estimate of drug-likeness (QED) is 0.557. The first-order chi connectivity index (χ1) is 3.39. The largest absolute Gasteiger partial charge is 0.283 e. The van der Waals surface area contributed by atoms with Crippen molar-refractivity contribution in [1.29, 1.82) is 0 Å². The van der Waals surface area contributed by atoms with Crippen LogP contribution in [0.4, 0.5) is 0 Å². The lowest BCUT2D eigenvalue weighted by Gasteiger charge is -2.49. The van der Waals surface area contributed by atoms with Crippen molar-refractivity contribution in [2.45, 2.75) is 6.92 Å². The first-order valence-corrected chi connectivity index (χ1v) is 7.58. The zero-order valence-electron chi connectivity index (χ0n) is 6.31. The summed E-state index contributed by atoms with van der Waals surface area (Å²) in [5.41, 5.74) is 0. The maximum Gasteiger partial charge on any atom is 0.00730 e. The van der Waals surface area contributed by atoms with Gasteiger partial charge in [0.25, 0.3) is 0 Å². The van der Waals surface area contributed by atoms with E-state index in [-0.39, 0.29) is 0 Å². The smallest absolute Gasteiger partial charge is 0.00730 e. The molecule has 0 aliphatic heterocycles. The molecule has 0 bridgehead atoms. The lowest BCUT2D eigenvalue weighted by Crippen LogP contribution is -2.16. The molecule has 0 radical (unpaired) electrons. The highest BCUT2D eigenvalue weighted by molar-refractivity contribution is 8.51. The van der Waals surface area contributed by atoms with Gasteiger partial charge in [-0.25, -0.2) is 0 Å². The van der Waals surface area contributed by atoms with Crippen LogP contribution in [-0.4, -0.2) is 29.6 Å². The summed E-state index contributed by atoms with van der Waals surface area (Å²) >= 11 is 4.32. The van der Waals surface area contributed by atoms with Gasteiger partial charge >= 0.3 is 0 Å². The van der Waals surface area contributed by atoms with Crippen LogP contribution in [0.3, 0.4) is 0 Å². The number of hydrogen-bond acceptors (Lipinski definition) is 1. The van der Waals surface area contributed by atoms with Crippen molar-refractivity contribution >= 4 is 21.8 Å². The van der Waals surface area contributed by atoms with Gasteiger partial charge in [0, 0.05) is 5.08 Å². The minimum absolute atomic E-state index is 1.09. The maximum atomic E-state index is 4.32. The fraction of sp³-hybridized carbons (Fsp3) is 1.00. The highest BCUT2D eigenvalue weighted by Crippen LogP contribution is 2.59. The van der Waals surface area contributed by atoms with Crippen molar-refractivity contribution in [2.75, 3.05) is 29.6 Å². The normalized spacial score (nSPS) is 17.4. The van der Waals surface area contributed by atoms with Gasteiger partial charge in [-0.15, -0.1) is 0 Å². The molecule has 0 saturated carbocycles. The summed E-state index contributed by atoms with van der Waals surface area (Å²) in [4.78, 5) is 0. The van der Waals surface area contributed by atoms with Crippen molar-refractivity contribution in [3.63, 3.8) is 0 Å². The fourth-order valence-corrected chi connectivity index (χ4v) is 0.900. The molecule has 0 aliphatic carbocycles. The lowest BCUT2D eigenvalue weighted by atomic mass is 11.0. The second-order valence-corrected chi connectivity index (χ2v) is 12.6. The van der Waals surface area contributed by atoms with Crippen LogP contribution in [0.15, 0.2) is 0 Å². The predicted octanol–water partition coefficient (Wildman–Crippen LogP) is 1.86. The average Bonchev–Trinajstić information content (AvgIpc) is 1.68. The van der Waals surface area contributed by atoms with Crippen LogP contribution in [0.5, 0.6) is 0 Å². The van der Waals surface area contributed by atoms with Crippen molar-refractivity contribution in [3.8, 4) is 0 Å². The molecule has 0 heterocycles. The standard InChI is InChI=1S/C6H18S2/c1-5-8(2,3,4)6-7/h7-8H,5-6H2,1-4H3. The van der Waals surface area contributed by atoms with Crippen LogP contribution in [0, 0.1) is 0 Å². The Labute approximate surface area is 58.7 Å². The van der Waals surface area contributed by atoms with E-state index in [2.05, 4.69) is 38.3 Å². The average molecular weight is 154 g/mol. The summed E-state index contributed by atoms with van der Waals surface area (Å²) in [6.07, 6.45) is 7.12. The van der Waals surface area contributed by atoms with Gasteiger partial charge < -0.3 is 0 Å². The maximum absolute atomic E-state index is 4.32. The molecule has 0 spiro atoms. The van der Waals surface area contributed by atoms with Crippen LogP contribution in [0.2, 0.25) is 0 Å². The third-order valence-electron chi connectivity index (χ3n) is 1.70. The third-order valence-corrected chi connectivity index (χ3v) is 8.24. The van der Waals surface area contributed by atoms with Gasteiger partial charge in [0.2, 0.25) is 0 Å². The zero-order valence-corrected chi connectivity index (χ0v) is 8.10. The molecule has 8 heavy (non-hydrogen) atoms. The summed E-state index contributed by atoms with van der Waals surface area (Å²) in [7, 11) is -1.24. The zero-order chi connectivity index (χ0) is 6.86. The van der Waals surface area contributed by atoms with Gasteiger partial charge in [0.05, 0.1) is 0 Å². The molecule has 54 valence electrons. The highest BCUT2D eigenvalue weighted by atomic mass is 32.3. The summed E-state index contributed by atoms with van der Waals surface area (Å²) in [5, 5.41) is 1.09. The Morgan fingerprint density at radius 1 is 1.25 bits per heavy atom. The van der Waals surface area contributed by atoms with Crippen LogP contribution >= 0.6 is 21.8 Å². The Kier molecular flexibility index (Phi) is 2.33. The predicted molar refractivity (Wildman–Crippen MR) is 51.2 cm³/mol. The van der Waals surface area contributed by atoms with Crippen LogP contribution in [0.1, 0.15) is 6.92 Å². The minimum atomic E-state index is -1.24. The first-order valence-electron chi connectivity index (χ1n) is 3.00. The molecule has 0 rings (SSSR count). The molecule has 0 fully saturated rings. The molecule has 0 aliphatic rings. The van der Waals surface area contributed by atoms with E-state index in [1.165, 1.54) is 5.75 Å². The number of hydrogen-bond donors (Lipinski definition) is 2. The van der Waals surface area contributed by atoms with Gasteiger partial charge in [0.15, 0.2) is 0 Å². The fourth-order valence-electron chi connectivity index (χ4n) is 0.1000. The van der Waals surface area contributed by atoms with E-state index in [0.717, 1.165) is 5.08 Å². The van der Waals surface area contributed by atoms with E-state index < -0.39 is 9.16 Å². The molecule has 0 unspecified atom stereocenters. The summed E-state index contributed by atoms with van der Waals surface area (Å²) < 4.78 is 0. The van der Waals surface area contributed by atoms with E-state index in [9.17, 15) is 0 Å². The van der Waals surface area contributed by atoms with Crippen molar-refractivity contribution in [3.05, 3.63) is 0 Å². The Morgan fingerprint density at radius 2 is 1.62 bits per heavy atom. The van der Waals surface area contributed by atoms with E-state index in [0.29, 0.717) is 0 Å². The molecule has 0 aromatic rings. The molecular formula is C6H18S2. The molecule has 0 atom stereocenters. The minimum Gasteiger partial charge on any atom is -0.283 e. The van der Waals surface area contributed by atoms with E-state index in [4.69, 9.17) is 0 Å². The van der Waals surface area contributed by atoms with Gasteiger partial charge in [-0.3, -0.25) is 9.16 Å². The number of thiol groups is 2. The Hall–Kier alpha value is 0.700. The summed E-state index contributed by atoms with van der Waals surface area (Å²) in [6.45, 7) is 2.26. The van der Waals surface area contributed by atoms with Gasteiger partial charge in [-0.05, 0) is 24.5 Å². The van der Waals surface area contributed by atoms with Gasteiger partial charge in [-0.2, -0.15) is 12.6 Å². The molecular weight excluding hydrogens is 136 g/mol. The molecule has 2 heteroatoms. The monoisotopic (exact) mass is 154 g/mol. The van der Waals surface area contributed by atoms with E-state index >= 15 is 0 Å². The Morgan fingerprint density at radius 3 is 1.62 bits per heavy atom. The van der Waals surface area contributed by atoms with Gasteiger partial charge in [-0.1, -0.05) is 6.92 Å². The lowest BCUT2D eigenvalue weighted by molar-refractivity contribution is 1.46. The van der Waals surface area contributed by atoms with Crippen molar-refractivity contribution in [1.82, 2.24) is 0 Å². The first kappa shape index (κ1) is 8.70.